The third-order valence-electron chi connectivity index (χ3n) is 4.47. The van der Waals surface area contributed by atoms with E-state index in [0.717, 1.165) is 49.1 Å². The van der Waals surface area contributed by atoms with Crippen molar-refractivity contribution in [1.29, 1.82) is 0 Å². The molecule has 0 atom stereocenters. The fourth-order valence-electron chi connectivity index (χ4n) is 3.01. The van der Waals surface area contributed by atoms with Crippen LogP contribution in [0.15, 0.2) is 73.4 Å². The molecule has 154 valence electrons. The molecule has 0 bridgehead atoms. The van der Waals surface area contributed by atoms with Crippen molar-refractivity contribution in [3.05, 3.63) is 90.6 Å². The van der Waals surface area contributed by atoms with Crippen LogP contribution in [0.3, 0.4) is 0 Å². The zero-order valence-corrected chi connectivity index (χ0v) is 16.2. The van der Waals surface area contributed by atoms with Crippen LogP contribution in [0.2, 0.25) is 0 Å². The highest BCUT2D eigenvalue weighted by Crippen LogP contribution is 2.23. The molecule has 30 heavy (non-hydrogen) atoms. The molecule has 2 aromatic carbocycles. The van der Waals surface area contributed by atoms with Crippen molar-refractivity contribution in [2.24, 2.45) is 0 Å². The van der Waals surface area contributed by atoms with E-state index in [2.05, 4.69) is 15.4 Å². The first-order valence-electron chi connectivity index (χ1n) is 9.60. The number of aromatic nitrogens is 4. The van der Waals surface area contributed by atoms with Crippen molar-refractivity contribution < 1.29 is 13.5 Å². The van der Waals surface area contributed by atoms with Crippen molar-refractivity contribution >= 4 is 5.82 Å². The highest BCUT2D eigenvalue weighted by Gasteiger charge is 2.04. The largest absolute Gasteiger partial charge is 0.457 e. The molecule has 1 N–H and O–H groups in total. The van der Waals surface area contributed by atoms with E-state index in [0.29, 0.717) is 12.3 Å². The Morgan fingerprint density at radius 2 is 1.70 bits per heavy atom. The molecule has 0 spiro atoms. The van der Waals surface area contributed by atoms with Crippen molar-refractivity contribution in [2.45, 2.75) is 26.1 Å². The minimum atomic E-state index is -0.674. The van der Waals surface area contributed by atoms with Gasteiger partial charge in [0.05, 0.1) is 6.33 Å². The molecule has 0 amide bonds. The minimum absolute atomic E-state index is 0.122. The van der Waals surface area contributed by atoms with Crippen molar-refractivity contribution in [3.63, 3.8) is 0 Å². The van der Waals surface area contributed by atoms with Gasteiger partial charge in [-0.05, 0) is 24.1 Å². The van der Waals surface area contributed by atoms with Crippen LogP contribution in [-0.4, -0.2) is 19.3 Å². The molecule has 0 unspecified atom stereocenters. The van der Waals surface area contributed by atoms with Gasteiger partial charge >= 0.3 is 0 Å². The summed E-state index contributed by atoms with van der Waals surface area (Å²) in [6, 6.07) is 12.3. The molecule has 0 aliphatic rings. The van der Waals surface area contributed by atoms with E-state index in [4.69, 9.17) is 4.74 Å². The highest BCUT2D eigenvalue weighted by molar-refractivity contribution is 5.37. The van der Waals surface area contributed by atoms with Crippen LogP contribution >= 0.6 is 0 Å². The molecule has 8 heteroatoms. The summed E-state index contributed by atoms with van der Waals surface area (Å²) < 4.78 is 36.0. The number of nitrogens with one attached hydrogen (secondary N) is 1. The summed E-state index contributed by atoms with van der Waals surface area (Å²) in [5.74, 6) is 0.0787. The molecule has 0 aliphatic heterocycles. The molecule has 0 fully saturated rings. The lowest BCUT2D eigenvalue weighted by Crippen LogP contribution is -2.05. The Kier molecular flexibility index (Phi) is 6.03. The first kappa shape index (κ1) is 19.6. The topological polar surface area (TPSA) is 56.9 Å². The highest BCUT2D eigenvalue weighted by atomic mass is 19.1. The summed E-state index contributed by atoms with van der Waals surface area (Å²) in [4.78, 5) is 4.03. The van der Waals surface area contributed by atoms with E-state index in [1.54, 1.807) is 18.3 Å². The predicted molar refractivity (Wildman–Crippen MR) is 109 cm³/mol. The van der Waals surface area contributed by atoms with Gasteiger partial charge in [-0.25, -0.2) is 13.8 Å². The molecule has 0 saturated carbocycles. The summed E-state index contributed by atoms with van der Waals surface area (Å²) in [7, 11) is 0. The maximum atomic E-state index is 13.3. The Labute approximate surface area is 172 Å². The quantitative estimate of drug-likeness (QED) is 0.429. The number of nitrogens with zero attached hydrogens (tertiary/aromatic N) is 4. The lowest BCUT2D eigenvalue weighted by Gasteiger charge is -2.08. The summed E-state index contributed by atoms with van der Waals surface area (Å²) in [6.07, 6.45) is 8.45. The number of aryl methyl sites for hydroxylation is 2. The molecule has 4 rings (SSSR count). The zero-order valence-electron chi connectivity index (χ0n) is 16.2. The second kappa shape index (κ2) is 9.21. The van der Waals surface area contributed by atoms with Crippen molar-refractivity contribution in [2.75, 3.05) is 5.32 Å². The fraction of sp³-hybridized carbons (Fsp3) is 0.182. The number of hydrogen-bond acceptors (Lipinski definition) is 4. The van der Waals surface area contributed by atoms with Crippen LogP contribution in [0, 0.1) is 11.6 Å². The maximum absolute atomic E-state index is 13.3. The van der Waals surface area contributed by atoms with Crippen LogP contribution < -0.4 is 10.1 Å². The average Bonchev–Trinajstić information content (AvgIpc) is 3.39. The van der Waals surface area contributed by atoms with Crippen LogP contribution in [0.1, 0.15) is 12.0 Å². The Hall–Kier alpha value is -3.68. The first-order chi connectivity index (χ1) is 14.6. The van der Waals surface area contributed by atoms with Crippen LogP contribution in [0.4, 0.5) is 14.6 Å². The van der Waals surface area contributed by atoms with Gasteiger partial charge in [-0.1, -0.05) is 12.1 Å². The number of hydrogen-bond donors (Lipinski definition) is 1. The second-order valence-electron chi connectivity index (χ2n) is 6.82. The van der Waals surface area contributed by atoms with Crippen molar-refractivity contribution in [3.8, 4) is 11.5 Å². The fourth-order valence-corrected chi connectivity index (χ4v) is 3.01. The zero-order chi connectivity index (χ0) is 20.8. The van der Waals surface area contributed by atoms with E-state index in [-0.39, 0.29) is 5.75 Å². The van der Waals surface area contributed by atoms with Crippen LogP contribution in [-0.2, 0) is 19.6 Å². The number of rotatable bonds is 9. The molecule has 6 nitrogen and oxygen atoms in total. The van der Waals surface area contributed by atoms with E-state index < -0.39 is 11.6 Å². The molecule has 4 aromatic rings. The van der Waals surface area contributed by atoms with Crippen LogP contribution in [0.5, 0.6) is 11.5 Å². The summed E-state index contributed by atoms with van der Waals surface area (Å²) in [5, 5.41) is 7.80. The first-order valence-corrected chi connectivity index (χ1v) is 9.60. The smallest absolute Gasteiger partial charge is 0.148 e. The lowest BCUT2D eigenvalue weighted by atomic mass is 10.2. The molecule has 2 aromatic heterocycles. The average molecular weight is 409 g/mol. The number of halogens is 2. The number of ether oxygens (including phenoxy) is 1. The number of benzene rings is 2. The standard InChI is InChI=1S/C22H21F2N5O/c23-18-12-19(24)14-21(13-18)30-20-4-2-17(3-5-20)15-26-22-6-10-29(27-22)9-1-8-28-11-7-25-16-28/h2-7,10-14,16H,1,8-9,15H2,(H,26,27). The molecule has 0 aliphatic carbocycles. The summed E-state index contributed by atoms with van der Waals surface area (Å²) in [6.45, 7) is 2.33. The predicted octanol–water partition coefficient (Wildman–Crippen LogP) is 4.85. The normalized spacial score (nSPS) is 10.9. The lowest BCUT2D eigenvalue weighted by molar-refractivity contribution is 0.468. The van der Waals surface area contributed by atoms with Gasteiger partial charge in [0.15, 0.2) is 0 Å². The molecule has 2 heterocycles. The second-order valence-corrected chi connectivity index (χ2v) is 6.82. The Morgan fingerprint density at radius 3 is 2.43 bits per heavy atom. The molecule has 0 radical (unpaired) electrons. The monoisotopic (exact) mass is 409 g/mol. The van der Waals surface area contributed by atoms with Gasteiger partial charge in [0.25, 0.3) is 0 Å². The van der Waals surface area contributed by atoms with Gasteiger partial charge in [0.1, 0.15) is 29.0 Å². The molecular formula is C22H21F2N5O. The van der Waals surface area contributed by atoms with Gasteiger partial charge in [-0.2, -0.15) is 5.10 Å². The van der Waals surface area contributed by atoms with E-state index >= 15 is 0 Å². The number of imidazole rings is 1. The number of anilines is 1. The maximum Gasteiger partial charge on any atom is 0.148 e. The van der Waals surface area contributed by atoms with Gasteiger partial charge in [-0.3, -0.25) is 4.68 Å². The van der Waals surface area contributed by atoms with Crippen LogP contribution in [0.25, 0.3) is 0 Å². The Balaban J connectivity index is 1.25. The Bertz CT molecular complexity index is 1060. The van der Waals surface area contributed by atoms with Crippen molar-refractivity contribution in [1.82, 2.24) is 19.3 Å². The van der Waals surface area contributed by atoms with Gasteiger partial charge < -0.3 is 14.6 Å². The SMILES string of the molecule is Fc1cc(F)cc(Oc2ccc(CNc3ccn(CCCn4ccnc4)n3)cc2)c1. The van der Waals surface area contributed by atoms with E-state index in [1.807, 2.05) is 46.2 Å². The van der Waals surface area contributed by atoms with E-state index in [9.17, 15) is 8.78 Å². The van der Waals surface area contributed by atoms with Gasteiger partial charge in [0, 0.05) is 62.5 Å². The van der Waals surface area contributed by atoms with Gasteiger partial charge in [0.2, 0.25) is 0 Å². The summed E-state index contributed by atoms with van der Waals surface area (Å²) >= 11 is 0. The molecular weight excluding hydrogens is 388 g/mol. The third kappa shape index (κ3) is 5.44. The minimum Gasteiger partial charge on any atom is -0.457 e. The Morgan fingerprint density at radius 1 is 0.900 bits per heavy atom. The third-order valence-corrected chi connectivity index (χ3v) is 4.47. The summed E-state index contributed by atoms with van der Waals surface area (Å²) in [5.41, 5.74) is 1.03. The van der Waals surface area contributed by atoms with Gasteiger partial charge in [-0.15, -0.1) is 0 Å². The molecule has 0 saturated heterocycles. The van der Waals surface area contributed by atoms with E-state index in [1.165, 1.54) is 0 Å².